The van der Waals surface area contributed by atoms with Gasteiger partial charge < -0.3 is 31.9 Å². The van der Waals surface area contributed by atoms with E-state index < -0.39 is 11.5 Å². The summed E-state index contributed by atoms with van der Waals surface area (Å²) >= 11 is 0. The molecule has 3 unspecified atom stereocenters. The normalized spacial score (nSPS) is 14.3. The van der Waals surface area contributed by atoms with Crippen LogP contribution in [-0.2, 0) is 14.4 Å². The van der Waals surface area contributed by atoms with E-state index in [0.717, 1.165) is 64.5 Å². The number of nitrogens with one attached hydrogen (secondary N) is 6. The van der Waals surface area contributed by atoms with Crippen LogP contribution < -0.4 is 31.9 Å². The fraction of sp³-hybridized carbons (Fsp3) is 0.885. The van der Waals surface area contributed by atoms with E-state index in [1.165, 1.54) is 0 Å². The quantitative estimate of drug-likeness (QED) is 0.132. The van der Waals surface area contributed by atoms with Gasteiger partial charge in [0.1, 0.15) is 0 Å². The van der Waals surface area contributed by atoms with Gasteiger partial charge in [-0.2, -0.15) is 0 Å². The zero-order valence-electron chi connectivity index (χ0n) is 23.4. The largest absolute Gasteiger partial charge is 0.355 e. The average Bonchev–Trinajstić information content (AvgIpc) is 2.81. The van der Waals surface area contributed by atoms with E-state index in [2.05, 4.69) is 31.9 Å². The maximum Gasteiger partial charge on any atom is 0.237 e. The number of hydrogen-bond donors (Lipinski definition) is 6. The van der Waals surface area contributed by atoms with Gasteiger partial charge in [-0.05, 0) is 86.2 Å². The van der Waals surface area contributed by atoms with Crippen LogP contribution in [0.2, 0.25) is 0 Å². The maximum absolute atomic E-state index is 13.0. The van der Waals surface area contributed by atoms with Crippen molar-refractivity contribution in [3.8, 4) is 0 Å². The lowest BCUT2D eigenvalue weighted by Gasteiger charge is -2.27. The van der Waals surface area contributed by atoms with Gasteiger partial charge in [-0.3, -0.25) is 14.4 Å². The van der Waals surface area contributed by atoms with Crippen LogP contribution in [0.1, 0.15) is 78.6 Å². The van der Waals surface area contributed by atoms with E-state index >= 15 is 0 Å². The second kappa shape index (κ2) is 19.6. The van der Waals surface area contributed by atoms with Crippen LogP contribution >= 0.6 is 0 Å². The van der Waals surface area contributed by atoms with Gasteiger partial charge in [-0.1, -0.05) is 33.6 Å². The van der Waals surface area contributed by atoms with Gasteiger partial charge in [-0.15, -0.1) is 0 Å². The number of rotatable bonds is 21. The topological polar surface area (TPSA) is 123 Å². The molecule has 0 bridgehead atoms. The summed E-state index contributed by atoms with van der Waals surface area (Å²) in [6, 6.07) is -1.02. The van der Waals surface area contributed by atoms with E-state index in [1.54, 1.807) is 7.05 Å². The number of Topliss-reactive ketones (excluding diaryl/α,β-unsaturated/α-hetero) is 1. The van der Waals surface area contributed by atoms with Crippen LogP contribution in [0.3, 0.4) is 0 Å². The molecule has 6 N–H and O–H groups in total. The first-order valence-corrected chi connectivity index (χ1v) is 13.4. The minimum Gasteiger partial charge on any atom is -0.355 e. The van der Waals surface area contributed by atoms with Crippen molar-refractivity contribution in [2.45, 2.75) is 96.7 Å². The third-order valence-electron chi connectivity index (χ3n) is 6.26. The zero-order valence-corrected chi connectivity index (χ0v) is 23.4. The van der Waals surface area contributed by atoms with Crippen molar-refractivity contribution in [2.75, 3.05) is 47.8 Å². The van der Waals surface area contributed by atoms with Crippen molar-refractivity contribution in [1.29, 1.82) is 0 Å². The fourth-order valence-electron chi connectivity index (χ4n) is 3.99. The molecule has 0 spiro atoms. The van der Waals surface area contributed by atoms with E-state index in [-0.39, 0.29) is 29.7 Å². The zero-order chi connectivity index (χ0) is 26.7. The molecule has 0 heterocycles. The van der Waals surface area contributed by atoms with Gasteiger partial charge in [0, 0.05) is 12.0 Å². The molecule has 0 aliphatic heterocycles. The Hall–Kier alpha value is -1.55. The molecule has 3 atom stereocenters. The Morgan fingerprint density at radius 2 is 1.03 bits per heavy atom. The number of carbonyl (C=O) groups excluding carboxylic acids is 3. The predicted octanol–water partition coefficient (Wildman–Crippen LogP) is 1.33. The second-order valence-electron chi connectivity index (χ2n) is 10.3. The fourth-order valence-corrected chi connectivity index (χ4v) is 3.99. The van der Waals surface area contributed by atoms with E-state index in [4.69, 9.17) is 0 Å². The van der Waals surface area contributed by atoms with Gasteiger partial charge in [0.2, 0.25) is 11.8 Å². The highest BCUT2D eigenvalue weighted by atomic mass is 16.2. The van der Waals surface area contributed by atoms with Crippen molar-refractivity contribution >= 4 is 17.6 Å². The molecule has 0 aliphatic rings. The van der Waals surface area contributed by atoms with Crippen molar-refractivity contribution in [3.05, 3.63) is 0 Å². The molecule has 0 aromatic carbocycles. The highest BCUT2D eigenvalue weighted by Gasteiger charge is 2.31. The third-order valence-corrected chi connectivity index (χ3v) is 6.26. The summed E-state index contributed by atoms with van der Waals surface area (Å²) in [5.41, 5.74) is -0.540. The molecule has 0 fully saturated rings. The van der Waals surface area contributed by atoms with Crippen LogP contribution in [0.5, 0.6) is 0 Å². The molecule has 206 valence electrons. The minimum atomic E-state index is -0.540. The van der Waals surface area contributed by atoms with E-state index in [0.29, 0.717) is 13.0 Å². The molecule has 0 saturated carbocycles. The van der Waals surface area contributed by atoms with Crippen LogP contribution in [0.25, 0.3) is 0 Å². The smallest absolute Gasteiger partial charge is 0.237 e. The Morgan fingerprint density at radius 3 is 1.46 bits per heavy atom. The van der Waals surface area contributed by atoms with Crippen LogP contribution in [0.4, 0.5) is 0 Å². The average molecular weight is 499 g/mol. The lowest BCUT2D eigenvalue weighted by Crippen LogP contribution is -2.51. The Balaban J connectivity index is 4.68. The monoisotopic (exact) mass is 498 g/mol. The number of unbranched alkanes of at least 4 members (excludes halogenated alkanes) is 3. The first kappa shape index (κ1) is 33.4. The van der Waals surface area contributed by atoms with Crippen molar-refractivity contribution in [3.63, 3.8) is 0 Å². The molecule has 0 aliphatic carbocycles. The molecule has 0 saturated heterocycles. The molecule has 0 aromatic rings. The van der Waals surface area contributed by atoms with Gasteiger partial charge in [0.15, 0.2) is 5.78 Å². The maximum atomic E-state index is 13.0. The van der Waals surface area contributed by atoms with Crippen molar-refractivity contribution < 1.29 is 14.4 Å². The first-order chi connectivity index (χ1) is 16.6. The SMILES string of the molecule is CNCCCCC(NC)C(=O)NCCCCC(NC(=O)C(CCCCNC)NC)C(=O)C(C)(C)C. The van der Waals surface area contributed by atoms with Crippen LogP contribution in [0.15, 0.2) is 0 Å². The van der Waals surface area contributed by atoms with Gasteiger partial charge in [0.25, 0.3) is 0 Å². The van der Waals surface area contributed by atoms with Crippen LogP contribution in [-0.4, -0.2) is 83.5 Å². The predicted molar refractivity (Wildman–Crippen MR) is 145 cm³/mol. The Bertz CT molecular complexity index is 594. The minimum absolute atomic E-state index is 0.0164. The molecule has 35 heavy (non-hydrogen) atoms. The summed E-state index contributed by atoms with van der Waals surface area (Å²) in [7, 11) is 7.44. The molecular weight excluding hydrogens is 444 g/mol. The number of ketones is 1. The lowest BCUT2D eigenvalue weighted by molar-refractivity contribution is -0.133. The van der Waals surface area contributed by atoms with E-state index in [9.17, 15) is 14.4 Å². The lowest BCUT2D eigenvalue weighted by atomic mass is 9.84. The van der Waals surface area contributed by atoms with E-state index in [1.807, 2.05) is 41.9 Å². The summed E-state index contributed by atoms with van der Waals surface area (Å²) < 4.78 is 0. The molecular formula is C26H54N6O3. The highest BCUT2D eigenvalue weighted by molar-refractivity contribution is 5.93. The summed E-state index contributed by atoms with van der Waals surface area (Å²) in [6.45, 7) is 8.09. The van der Waals surface area contributed by atoms with Crippen LogP contribution in [0, 0.1) is 5.41 Å². The molecule has 2 amide bonds. The Kier molecular flexibility index (Phi) is 18.7. The molecule has 9 nitrogen and oxygen atoms in total. The molecule has 0 radical (unpaired) electrons. The summed E-state index contributed by atoms with van der Waals surface area (Å²) in [6.07, 6.45) is 7.56. The number of likely N-dealkylation sites (N-methyl/N-ethyl adjacent to an activating group) is 2. The first-order valence-electron chi connectivity index (χ1n) is 13.4. The number of carbonyl (C=O) groups is 3. The highest BCUT2D eigenvalue weighted by Crippen LogP contribution is 2.20. The number of hydrogen-bond acceptors (Lipinski definition) is 7. The standard InChI is InChI=1S/C26H54N6O3/c1-26(2,3)23(33)20(32-25(35)22(30-7)16-9-12-18-28-5)14-10-13-19-31-24(34)21(29-6)15-8-11-17-27-4/h20-22,27-30H,8-19H2,1-7H3,(H,31,34)(H,32,35). The second-order valence-corrected chi connectivity index (χ2v) is 10.3. The van der Waals surface area contributed by atoms with Gasteiger partial charge in [-0.25, -0.2) is 0 Å². The molecule has 9 heteroatoms. The van der Waals surface area contributed by atoms with Crippen molar-refractivity contribution in [2.24, 2.45) is 5.41 Å². The van der Waals surface area contributed by atoms with Crippen molar-refractivity contribution in [1.82, 2.24) is 31.9 Å². The summed E-state index contributed by atoms with van der Waals surface area (Å²) in [4.78, 5) is 38.4. The third kappa shape index (κ3) is 15.2. The summed E-state index contributed by atoms with van der Waals surface area (Å²) in [5.74, 6) is -0.0672. The Morgan fingerprint density at radius 1 is 0.600 bits per heavy atom. The molecule has 0 aromatic heterocycles. The van der Waals surface area contributed by atoms with Gasteiger partial charge in [0.05, 0.1) is 18.1 Å². The van der Waals surface area contributed by atoms with Gasteiger partial charge >= 0.3 is 0 Å². The Labute approximate surface area is 214 Å². The summed E-state index contributed by atoms with van der Waals surface area (Å²) in [5, 5.41) is 18.4. The molecule has 0 rings (SSSR count). The number of amides is 2.